The zero-order chi connectivity index (χ0) is 18.7. The average molecular weight is 340 g/mol. The summed E-state index contributed by atoms with van der Waals surface area (Å²) in [7, 11) is 0. The second kappa shape index (κ2) is 5.34. The maximum absolute atomic E-state index is 12.7. The Morgan fingerprint density at radius 3 is 2.36 bits per heavy atom. The molecule has 2 aliphatic rings. The molecule has 1 unspecified atom stereocenters. The van der Waals surface area contributed by atoms with E-state index in [1.807, 2.05) is 0 Å². The van der Waals surface area contributed by atoms with Gasteiger partial charge in [-0.2, -0.15) is 0 Å². The zero-order valence-corrected chi connectivity index (χ0v) is 14.4. The summed E-state index contributed by atoms with van der Waals surface area (Å²) in [5.74, 6) is -1.87. The van der Waals surface area contributed by atoms with E-state index >= 15 is 0 Å². The fourth-order valence-corrected chi connectivity index (χ4v) is 3.94. The maximum atomic E-state index is 12.7. The van der Waals surface area contributed by atoms with Crippen LogP contribution >= 0.6 is 0 Å². The van der Waals surface area contributed by atoms with Crippen LogP contribution in [0.3, 0.4) is 0 Å². The molecular formula is C20H20O5. The summed E-state index contributed by atoms with van der Waals surface area (Å²) < 4.78 is 0. The first kappa shape index (κ1) is 17.0. The highest BCUT2D eigenvalue weighted by molar-refractivity contribution is 6.13. The van der Waals surface area contributed by atoms with Crippen molar-refractivity contribution >= 4 is 11.6 Å². The number of benzene rings is 1. The van der Waals surface area contributed by atoms with Crippen LogP contribution in [-0.4, -0.2) is 26.9 Å². The van der Waals surface area contributed by atoms with E-state index in [4.69, 9.17) is 0 Å². The summed E-state index contributed by atoms with van der Waals surface area (Å²) in [4.78, 5) is 25.1. The Bertz CT molecular complexity index is 917. The van der Waals surface area contributed by atoms with E-state index in [2.05, 4.69) is 6.58 Å². The van der Waals surface area contributed by atoms with Crippen molar-refractivity contribution in [3.05, 3.63) is 52.1 Å². The highest BCUT2D eigenvalue weighted by Gasteiger charge is 2.47. The van der Waals surface area contributed by atoms with Gasteiger partial charge in [0.25, 0.3) is 0 Å². The Labute approximate surface area is 145 Å². The number of carbonyl (C=O) groups excluding carboxylic acids is 2. The smallest absolute Gasteiger partial charge is 0.190 e. The van der Waals surface area contributed by atoms with Gasteiger partial charge in [-0.25, -0.2) is 0 Å². The van der Waals surface area contributed by atoms with Gasteiger partial charge in [0.15, 0.2) is 23.1 Å². The fourth-order valence-electron chi connectivity index (χ4n) is 3.94. The van der Waals surface area contributed by atoms with Gasteiger partial charge in [0, 0.05) is 23.0 Å². The summed E-state index contributed by atoms with van der Waals surface area (Å²) in [6, 6.07) is 0. The lowest BCUT2D eigenvalue weighted by molar-refractivity contribution is -0.116. The Kier molecular flexibility index (Phi) is 3.64. The molecule has 0 aliphatic heterocycles. The average Bonchev–Trinajstić information content (AvgIpc) is 2.55. The van der Waals surface area contributed by atoms with Gasteiger partial charge in [-0.05, 0) is 43.1 Å². The first-order valence-electron chi connectivity index (χ1n) is 8.03. The number of rotatable bonds is 2. The summed E-state index contributed by atoms with van der Waals surface area (Å²) in [5, 5.41) is 31.6. The van der Waals surface area contributed by atoms with Crippen LogP contribution in [0.1, 0.15) is 48.7 Å². The van der Waals surface area contributed by atoms with Crippen LogP contribution in [0.15, 0.2) is 35.5 Å². The number of carbonyl (C=O) groups is 2. The molecule has 0 saturated carbocycles. The third kappa shape index (κ3) is 2.08. The number of hydrogen-bond acceptors (Lipinski definition) is 5. The molecule has 5 heteroatoms. The van der Waals surface area contributed by atoms with E-state index in [1.54, 1.807) is 20.8 Å². The van der Waals surface area contributed by atoms with Gasteiger partial charge in [0.1, 0.15) is 5.75 Å². The molecule has 0 heterocycles. The van der Waals surface area contributed by atoms with E-state index in [0.29, 0.717) is 16.7 Å². The third-order valence-electron chi connectivity index (χ3n) is 5.44. The highest BCUT2D eigenvalue weighted by Crippen LogP contribution is 2.56. The summed E-state index contributed by atoms with van der Waals surface area (Å²) in [6.07, 6.45) is 3.02. The molecule has 0 radical (unpaired) electrons. The summed E-state index contributed by atoms with van der Waals surface area (Å²) in [6.45, 7) is 8.76. The molecule has 0 spiro atoms. The van der Waals surface area contributed by atoms with Crippen molar-refractivity contribution in [3.8, 4) is 17.2 Å². The SMILES string of the molecule is C=CCc1c(O)c(O)c2c(c1O)C(=O)C=C1C(C)=C(C)C(=O)CC12C. The van der Waals surface area contributed by atoms with Crippen LogP contribution in [0.5, 0.6) is 17.2 Å². The maximum Gasteiger partial charge on any atom is 0.190 e. The Morgan fingerprint density at radius 2 is 1.76 bits per heavy atom. The van der Waals surface area contributed by atoms with Crippen LogP contribution in [0.25, 0.3) is 0 Å². The summed E-state index contributed by atoms with van der Waals surface area (Å²) in [5.41, 5.74) is 1.01. The molecule has 25 heavy (non-hydrogen) atoms. The molecule has 3 N–H and O–H groups in total. The fraction of sp³-hybridized carbons (Fsp3) is 0.300. The van der Waals surface area contributed by atoms with E-state index in [-0.39, 0.29) is 41.1 Å². The minimum Gasteiger partial charge on any atom is -0.507 e. The van der Waals surface area contributed by atoms with Crippen molar-refractivity contribution in [2.24, 2.45) is 0 Å². The molecule has 0 amide bonds. The van der Waals surface area contributed by atoms with Crippen molar-refractivity contribution in [2.75, 3.05) is 0 Å². The van der Waals surface area contributed by atoms with E-state index < -0.39 is 22.7 Å². The predicted molar refractivity (Wildman–Crippen MR) is 93.1 cm³/mol. The molecule has 130 valence electrons. The lowest BCUT2D eigenvalue weighted by Gasteiger charge is -2.41. The molecule has 1 atom stereocenters. The first-order chi connectivity index (χ1) is 11.6. The van der Waals surface area contributed by atoms with Gasteiger partial charge < -0.3 is 15.3 Å². The van der Waals surface area contributed by atoms with Gasteiger partial charge >= 0.3 is 0 Å². The molecule has 2 aliphatic carbocycles. The number of ketones is 2. The van der Waals surface area contributed by atoms with Crippen LogP contribution < -0.4 is 0 Å². The largest absolute Gasteiger partial charge is 0.507 e. The van der Waals surface area contributed by atoms with Crippen LogP contribution in [-0.2, 0) is 16.6 Å². The topological polar surface area (TPSA) is 94.8 Å². The number of aromatic hydroxyl groups is 3. The molecule has 0 saturated heterocycles. The van der Waals surface area contributed by atoms with Crippen LogP contribution in [0.2, 0.25) is 0 Å². The second-order valence-corrected chi connectivity index (χ2v) is 6.87. The van der Waals surface area contributed by atoms with Gasteiger partial charge in [-0.1, -0.05) is 13.0 Å². The van der Waals surface area contributed by atoms with Gasteiger partial charge in [-0.15, -0.1) is 6.58 Å². The zero-order valence-electron chi connectivity index (χ0n) is 14.4. The summed E-state index contributed by atoms with van der Waals surface area (Å²) >= 11 is 0. The van der Waals surface area contributed by atoms with E-state index in [9.17, 15) is 24.9 Å². The van der Waals surface area contributed by atoms with Crippen molar-refractivity contribution in [2.45, 2.75) is 39.0 Å². The normalized spacial score (nSPS) is 22.4. The molecule has 5 nitrogen and oxygen atoms in total. The monoisotopic (exact) mass is 340 g/mol. The van der Waals surface area contributed by atoms with Gasteiger partial charge in [-0.3, -0.25) is 9.59 Å². The quantitative estimate of drug-likeness (QED) is 0.436. The number of fused-ring (bicyclic) bond motifs is 3. The number of hydrogen-bond donors (Lipinski definition) is 3. The van der Waals surface area contributed by atoms with Crippen LogP contribution in [0, 0.1) is 0 Å². The molecule has 1 aromatic carbocycles. The second-order valence-electron chi connectivity index (χ2n) is 6.87. The Hall–Kier alpha value is -2.82. The van der Waals surface area contributed by atoms with Gasteiger partial charge in [0.05, 0.1) is 5.56 Å². The van der Waals surface area contributed by atoms with Crippen molar-refractivity contribution in [1.29, 1.82) is 0 Å². The number of phenolic OH excluding ortho intramolecular Hbond substituents is 3. The number of phenols is 3. The van der Waals surface area contributed by atoms with Crippen molar-refractivity contribution < 1.29 is 24.9 Å². The van der Waals surface area contributed by atoms with Crippen molar-refractivity contribution in [1.82, 2.24) is 0 Å². The standard InChI is InChI=1S/C20H20O5/c1-5-6-11-17(23)15-13(21)7-12-9(2)10(3)14(22)8-20(12,4)16(15)19(25)18(11)24/h5,7,23-25H,1,6,8H2,2-4H3. The molecule has 0 fully saturated rings. The van der Waals surface area contributed by atoms with Crippen molar-refractivity contribution in [3.63, 3.8) is 0 Å². The molecule has 3 rings (SSSR count). The first-order valence-corrected chi connectivity index (χ1v) is 8.03. The van der Waals surface area contributed by atoms with Gasteiger partial charge in [0.2, 0.25) is 0 Å². The number of allylic oxidation sites excluding steroid dienone is 5. The van der Waals surface area contributed by atoms with E-state index in [1.165, 1.54) is 12.2 Å². The molecule has 1 aromatic rings. The molecular weight excluding hydrogens is 320 g/mol. The third-order valence-corrected chi connectivity index (χ3v) is 5.44. The lowest BCUT2D eigenvalue weighted by Crippen LogP contribution is -2.38. The molecule has 0 bridgehead atoms. The minimum absolute atomic E-state index is 0.0469. The Morgan fingerprint density at radius 1 is 1.12 bits per heavy atom. The Balaban J connectivity index is 2.43. The van der Waals surface area contributed by atoms with E-state index in [0.717, 1.165) is 0 Å². The highest BCUT2D eigenvalue weighted by atomic mass is 16.3. The predicted octanol–water partition coefficient (Wildman–Crippen LogP) is 3.22. The molecule has 0 aromatic heterocycles. The van der Waals surface area contributed by atoms with Crippen LogP contribution in [0.4, 0.5) is 0 Å². The number of Topliss-reactive ketones (excluding diaryl/α,β-unsaturated/α-hetero) is 1. The lowest BCUT2D eigenvalue weighted by atomic mass is 9.61. The minimum atomic E-state index is -0.990.